The molecule has 1 atom stereocenters. The minimum Gasteiger partial charge on any atom is -0.480 e. The third kappa shape index (κ3) is 4.22. The molecule has 1 amide bonds. The summed E-state index contributed by atoms with van der Waals surface area (Å²) >= 11 is 0. The molecule has 0 aliphatic carbocycles. The fourth-order valence-electron chi connectivity index (χ4n) is 2.46. The molecule has 2 N–H and O–H groups in total. The number of carboxylic acid groups (broad SMARTS) is 1. The molecule has 2 aromatic rings. The summed E-state index contributed by atoms with van der Waals surface area (Å²) in [4.78, 5) is 23.6. The summed E-state index contributed by atoms with van der Waals surface area (Å²) in [5, 5.41) is 16.1. The molecule has 0 saturated carbocycles. The van der Waals surface area contributed by atoms with Crippen molar-refractivity contribution in [1.82, 2.24) is 15.1 Å². The summed E-state index contributed by atoms with van der Waals surface area (Å²) in [7, 11) is 0. The number of nitrogens with zero attached hydrogens (tertiary/aromatic N) is 2. The van der Waals surface area contributed by atoms with Crippen LogP contribution in [0, 0.1) is 19.8 Å². The second-order valence-electron chi connectivity index (χ2n) is 6.41. The molecule has 0 saturated heterocycles. The van der Waals surface area contributed by atoms with E-state index in [1.54, 1.807) is 10.7 Å². The minimum atomic E-state index is -1.04. The number of aromatic nitrogens is 2. The Balaban J connectivity index is 2.20. The van der Waals surface area contributed by atoms with Crippen molar-refractivity contribution in [2.75, 3.05) is 0 Å². The van der Waals surface area contributed by atoms with Crippen molar-refractivity contribution in [1.29, 1.82) is 0 Å². The Bertz CT molecular complexity index is 732. The van der Waals surface area contributed by atoms with Gasteiger partial charge in [-0.25, -0.2) is 9.48 Å². The number of aliphatic carboxylic acids is 1. The number of benzene rings is 1. The predicted octanol–water partition coefficient (Wildman–Crippen LogP) is 2.72. The van der Waals surface area contributed by atoms with E-state index in [-0.39, 0.29) is 11.6 Å². The van der Waals surface area contributed by atoms with Crippen LogP contribution in [0.5, 0.6) is 0 Å². The van der Waals surface area contributed by atoms with Crippen LogP contribution in [-0.4, -0.2) is 32.8 Å². The summed E-state index contributed by atoms with van der Waals surface area (Å²) in [5.74, 6) is -1.35. The van der Waals surface area contributed by atoms with Gasteiger partial charge in [0.25, 0.3) is 5.91 Å². The maximum Gasteiger partial charge on any atom is 0.326 e. The van der Waals surface area contributed by atoms with Crippen LogP contribution >= 0.6 is 0 Å². The average molecular weight is 329 g/mol. The second kappa shape index (κ2) is 7.29. The number of hydrogen-bond acceptors (Lipinski definition) is 3. The molecule has 128 valence electrons. The molecular formula is C18H23N3O3. The number of aryl methyl sites for hydroxylation is 2. The van der Waals surface area contributed by atoms with Gasteiger partial charge in [0.2, 0.25) is 0 Å². The van der Waals surface area contributed by atoms with Crippen molar-refractivity contribution in [3.05, 3.63) is 47.3 Å². The van der Waals surface area contributed by atoms with Gasteiger partial charge in [-0.05, 0) is 44.4 Å². The molecule has 0 bridgehead atoms. The first-order valence-electron chi connectivity index (χ1n) is 7.95. The first-order chi connectivity index (χ1) is 11.3. The van der Waals surface area contributed by atoms with Crippen LogP contribution in [0.15, 0.2) is 30.3 Å². The van der Waals surface area contributed by atoms with Crippen molar-refractivity contribution >= 4 is 11.9 Å². The van der Waals surface area contributed by atoms with Crippen molar-refractivity contribution in [2.45, 2.75) is 40.2 Å². The van der Waals surface area contributed by atoms with Crippen molar-refractivity contribution in [3.8, 4) is 5.69 Å². The van der Waals surface area contributed by atoms with Gasteiger partial charge in [-0.3, -0.25) is 4.79 Å². The molecule has 6 nitrogen and oxygen atoms in total. The molecule has 0 radical (unpaired) electrons. The average Bonchev–Trinajstić information content (AvgIpc) is 2.89. The zero-order valence-electron chi connectivity index (χ0n) is 14.4. The largest absolute Gasteiger partial charge is 0.480 e. The number of hydrogen-bond donors (Lipinski definition) is 2. The van der Waals surface area contributed by atoms with Gasteiger partial charge in [0.1, 0.15) is 6.04 Å². The Hall–Kier alpha value is -2.63. The van der Waals surface area contributed by atoms with Gasteiger partial charge >= 0.3 is 5.97 Å². The Morgan fingerprint density at radius 2 is 1.83 bits per heavy atom. The highest BCUT2D eigenvalue weighted by Gasteiger charge is 2.23. The molecule has 1 aromatic heterocycles. The van der Waals surface area contributed by atoms with Crippen LogP contribution in [-0.2, 0) is 4.79 Å². The second-order valence-corrected chi connectivity index (χ2v) is 6.41. The summed E-state index contributed by atoms with van der Waals surface area (Å²) < 4.78 is 1.67. The monoisotopic (exact) mass is 329 g/mol. The van der Waals surface area contributed by atoms with Crippen LogP contribution < -0.4 is 5.32 Å². The number of amides is 1. The van der Waals surface area contributed by atoms with E-state index >= 15 is 0 Å². The molecule has 2 rings (SSSR count). The first-order valence-corrected chi connectivity index (χ1v) is 7.95. The highest BCUT2D eigenvalue weighted by molar-refractivity contribution is 5.95. The van der Waals surface area contributed by atoms with E-state index in [9.17, 15) is 14.7 Å². The molecular weight excluding hydrogens is 306 g/mol. The molecule has 6 heteroatoms. The number of carboxylic acids is 1. The van der Waals surface area contributed by atoms with Crippen molar-refractivity contribution < 1.29 is 14.7 Å². The zero-order chi connectivity index (χ0) is 17.9. The van der Waals surface area contributed by atoms with E-state index in [1.807, 2.05) is 52.0 Å². The van der Waals surface area contributed by atoms with Gasteiger partial charge in [0, 0.05) is 5.69 Å². The number of nitrogens with one attached hydrogen (secondary N) is 1. The topological polar surface area (TPSA) is 84.2 Å². The third-order valence-corrected chi connectivity index (χ3v) is 3.71. The Labute approximate surface area is 141 Å². The van der Waals surface area contributed by atoms with E-state index in [4.69, 9.17) is 0 Å². The van der Waals surface area contributed by atoms with Crippen LogP contribution in [0.25, 0.3) is 5.69 Å². The summed E-state index contributed by atoms with van der Waals surface area (Å²) in [6, 6.07) is 8.54. The summed E-state index contributed by atoms with van der Waals surface area (Å²) in [6.07, 6.45) is 0.374. The van der Waals surface area contributed by atoms with Crippen molar-refractivity contribution in [2.24, 2.45) is 5.92 Å². The van der Waals surface area contributed by atoms with E-state index < -0.39 is 17.9 Å². The molecule has 1 aromatic carbocycles. The SMILES string of the molecule is Cc1ccc(-n2nc(C(=O)N[C@H](CC(C)C)C(=O)O)cc2C)cc1. The van der Waals surface area contributed by atoms with E-state index in [0.717, 1.165) is 16.9 Å². The zero-order valence-corrected chi connectivity index (χ0v) is 14.4. The van der Waals surface area contributed by atoms with Gasteiger partial charge in [-0.15, -0.1) is 0 Å². The quantitative estimate of drug-likeness (QED) is 0.853. The van der Waals surface area contributed by atoms with Gasteiger partial charge < -0.3 is 10.4 Å². The molecule has 0 fully saturated rings. The van der Waals surface area contributed by atoms with E-state index in [1.165, 1.54) is 0 Å². The molecule has 0 spiro atoms. The van der Waals surface area contributed by atoms with Gasteiger partial charge in [-0.1, -0.05) is 31.5 Å². The lowest BCUT2D eigenvalue weighted by molar-refractivity contribution is -0.139. The van der Waals surface area contributed by atoms with Crippen LogP contribution in [0.4, 0.5) is 0 Å². The van der Waals surface area contributed by atoms with E-state index in [2.05, 4.69) is 10.4 Å². The lowest BCUT2D eigenvalue weighted by Gasteiger charge is -2.15. The summed E-state index contributed by atoms with van der Waals surface area (Å²) in [5.41, 5.74) is 3.01. The first kappa shape index (κ1) is 17.7. The predicted molar refractivity (Wildman–Crippen MR) is 91.4 cm³/mol. The van der Waals surface area contributed by atoms with Gasteiger partial charge in [0.05, 0.1) is 5.69 Å². The Morgan fingerprint density at radius 1 is 1.21 bits per heavy atom. The van der Waals surface area contributed by atoms with Crippen molar-refractivity contribution in [3.63, 3.8) is 0 Å². The Kier molecular flexibility index (Phi) is 5.39. The van der Waals surface area contributed by atoms with Gasteiger partial charge in [-0.2, -0.15) is 5.10 Å². The van der Waals surface area contributed by atoms with Crippen LogP contribution in [0.3, 0.4) is 0 Å². The Morgan fingerprint density at radius 3 is 2.38 bits per heavy atom. The molecule has 0 aliphatic heterocycles. The smallest absolute Gasteiger partial charge is 0.326 e. The number of rotatable bonds is 6. The fraction of sp³-hybridized carbons (Fsp3) is 0.389. The maximum absolute atomic E-state index is 12.3. The molecule has 0 aliphatic rings. The van der Waals surface area contributed by atoms with Gasteiger partial charge in [0.15, 0.2) is 5.69 Å². The number of carbonyl (C=O) groups is 2. The van der Waals surface area contributed by atoms with E-state index in [0.29, 0.717) is 6.42 Å². The highest BCUT2D eigenvalue weighted by Crippen LogP contribution is 2.14. The highest BCUT2D eigenvalue weighted by atomic mass is 16.4. The van der Waals surface area contributed by atoms with Crippen LogP contribution in [0.2, 0.25) is 0 Å². The molecule has 24 heavy (non-hydrogen) atoms. The lowest BCUT2D eigenvalue weighted by Crippen LogP contribution is -2.41. The standard InChI is InChI=1S/C18H23N3O3/c1-11(2)9-16(18(23)24)19-17(22)15-10-13(4)21(20-15)14-7-5-12(3)6-8-14/h5-8,10-11,16H,9H2,1-4H3,(H,19,22)(H,23,24)/t16-/m1/s1. The summed E-state index contributed by atoms with van der Waals surface area (Å²) in [6.45, 7) is 7.68. The van der Waals surface area contributed by atoms with Crippen LogP contribution in [0.1, 0.15) is 42.0 Å². The molecule has 1 heterocycles. The normalized spacial score (nSPS) is 12.2. The fourth-order valence-corrected chi connectivity index (χ4v) is 2.46. The number of carbonyl (C=O) groups excluding carboxylic acids is 1. The lowest BCUT2D eigenvalue weighted by atomic mass is 10.0. The maximum atomic E-state index is 12.3. The molecule has 0 unspecified atom stereocenters. The third-order valence-electron chi connectivity index (χ3n) is 3.71. The minimum absolute atomic E-state index is 0.165.